The van der Waals surface area contributed by atoms with E-state index in [0.29, 0.717) is 26.2 Å². The number of benzene rings is 4. The van der Waals surface area contributed by atoms with Crippen LogP contribution in [0.3, 0.4) is 0 Å². The molecule has 2 heterocycles. The zero-order chi connectivity index (χ0) is 36.6. The Morgan fingerprint density at radius 2 is 1.58 bits per heavy atom. The standard InChI is InChI=1S/C40H30BrClN2O8/c1-52-31-17-22(41)16-29(34(31)45)33-26-13-14-27-32(37(48)43(35(27)46)24-11-5-7-20(15-24)38(49)50)28(26)19-30-36(47)44(25-12-6-10-23(42)18-25)39(51)40(30,33)21-8-3-2-4-9-21/h2-13,15-18,27-28,30,32-33,45H,14,19H2,1H3,(H,49,50). The van der Waals surface area contributed by atoms with Gasteiger partial charge in [0.15, 0.2) is 11.5 Å². The van der Waals surface area contributed by atoms with E-state index in [1.807, 2.05) is 12.1 Å². The van der Waals surface area contributed by atoms with Crippen molar-refractivity contribution in [2.45, 2.75) is 24.2 Å². The third-order valence-corrected chi connectivity index (χ3v) is 11.8. The number of ether oxygens (including phenoxy) is 1. The maximum Gasteiger partial charge on any atom is 0.335 e. The smallest absolute Gasteiger partial charge is 0.335 e. The van der Waals surface area contributed by atoms with E-state index in [-0.39, 0.29) is 41.3 Å². The molecule has 0 bridgehead atoms. The molecule has 12 heteroatoms. The third kappa shape index (κ3) is 4.79. The Morgan fingerprint density at radius 1 is 0.865 bits per heavy atom. The molecule has 10 nitrogen and oxygen atoms in total. The number of amides is 4. The predicted octanol–water partition coefficient (Wildman–Crippen LogP) is 6.88. The molecule has 3 fully saturated rings. The number of phenolic OH excluding ortho intramolecular Hbond substituents is 1. The molecule has 6 atom stereocenters. The number of fused-ring (bicyclic) bond motifs is 4. The Balaban J connectivity index is 1.37. The highest BCUT2D eigenvalue weighted by Crippen LogP contribution is 2.66. The average Bonchev–Trinajstić information content (AvgIpc) is 3.53. The summed E-state index contributed by atoms with van der Waals surface area (Å²) in [5.41, 5.74) is 0.264. The van der Waals surface area contributed by atoms with Gasteiger partial charge in [-0.15, -0.1) is 0 Å². The number of methoxy groups -OCH3 is 1. The quantitative estimate of drug-likeness (QED) is 0.159. The molecule has 4 aliphatic rings. The summed E-state index contributed by atoms with van der Waals surface area (Å²) in [5, 5.41) is 21.8. The molecular weight excluding hydrogens is 752 g/mol. The zero-order valence-electron chi connectivity index (χ0n) is 27.5. The summed E-state index contributed by atoms with van der Waals surface area (Å²) < 4.78 is 6.11. The molecule has 0 aromatic heterocycles. The molecule has 262 valence electrons. The van der Waals surface area contributed by atoms with Crippen LogP contribution in [0.15, 0.2) is 107 Å². The minimum absolute atomic E-state index is 0.0496. The number of hydrogen-bond acceptors (Lipinski definition) is 7. The van der Waals surface area contributed by atoms with Gasteiger partial charge in [-0.25, -0.2) is 9.69 Å². The van der Waals surface area contributed by atoms with Crippen LogP contribution in [-0.4, -0.2) is 46.9 Å². The fourth-order valence-corrected chi connectivity index (χ4v) is 9.73. The van der Waals surface area contributed by atoms with E-state index < -0.39 is 64.6 Å². The predicted molar refractivity (Wildman–Crippen MR) is 194 cm³/mol. The Morgan fingerprint density at radius 3 is 2.27 bits per heavy atom. The molecule has 4 aromatic rings. The van der Waals surface area contributed by atoms with Crippen LogP contribution in [0.1, 0.15) is 40.2 Å². The summed E-state index contributed by atoms with van der Waals surface area (Å²) in [4.78, 5) is 72.9. The first-order valence-electron chi connectivity index (χ1n) is 16.7. The minimum Gasteiger partial charge on any atom is -0.504 e. The maximum absolute atomic E-state index is 15.4. The minimum atomic E-state index is -1.60. The van der Waals surface area contributed by atoms with E-state index in [9.17, 15) is 29.4 Å². The number of hydrogen-bond donors (Lipinski definition) is 2. The lowest BCUT2D eigenvalue weighted by Crippen LogP contribution is -2.53. The van der Waals surface area contributed by atoms with Crippen molar-refractivity contribution < 1.29 is 38.9 Å². The molecule has 0 spiro atoms. The number of carbonyl (C=O) groups is 5. The van der Waals surface area contributed by atoms with Crippen LogP contribution in [0.2, 0.25) is 5.02 Å². The van der Waals surface area contributed by atoms with Gasteiger partial charge in [0.05, 0.1) is 47.2 Å². The topological polar surface area (TPSA) is 142 Å². The second-order valence-corrected chi connectivity index (χ2v) is 14.9. The van der Waals surface area contributed by atoms with E-state index in [1.165, 1.54) is 31.4 Å². The van der Waals surface area contributed by atoms with Crippen LogP contribution in [0.5, 0.6) is 11.5 Å². The largest absolute Gasteiger partial charge is 0.504 e. The van der Waals surface area contributed by atoms with Crippen molar-refractivity contribution in [3.05, 3.63) is 129 Å². The first kappa shape index (κ1) is 33.9. The van der Waals surface area contributed by atoms with Crippen molar-refractivity contribution in [3.8, 4) is 11.5 Å². The van der Waals surface area contributed by atoms with Crippen LogP contribution in [0.25, 0.3) is 0 Å². The van der Waals surface area contributed by atoms with Crippen molar-refractivity contribution in [1.29, 1.82) is 0 Å². The molecule has 2 aliphatic heterocycles. The molecule has 2 aliphatic carbocycles. The summed E-state index contributed by atoms with van der Waals surface area (Å²) in [6, 6.07) is 24.4. The summed E-state index contributed by atoms with van der Waals surface area (Å²) in [7, 11) is 1.41. The van der Waals surface area contributed by atoms with Crippen molar-refractivity contribution in [3.63, 3.8) is 0 Å². The number of carbonyl (C=O) groups excluding carboxylic acids is 4. The second-order valence-electron chi connectivity index (χ2n) is 13.5. The first-order valence-corrected chi connectivity index (χ1v) is 17.8. The number of imide groups is 2. The van der Waals surface area contributed by atoms with Crippen molar-refractivity contribution >= 4 is 68.5 Å². The molecule has 4 amide bonds. The number of halogens is 2. The molecule has 8 rings (SSSR count). The molecule has 1 saturated carbocycles. The van der Waals surface area contributed by atoms with E-state index >= 15 is 4.79 Å². The van der Waals surface area contributed by atoms with E-state index in [0.717, 1.165) is 9.80 Å². The molecular formula is C40H30BrClN2O8. The van der Waals surface area contributed by atoms with Crippen molar-refractivity contribution in [2.75, 3.05) is 16.9 Å². The molecule has 0 radical (unpaired) electrons. The van der Waals surface area contributed by atoms with Crippen LogP contribution in [0, 0.1) is 23.7 Å². The number of phenols is 1. The van der Waals surface area contributed by atoms with Gasteiger partial charge >= 0.3 is 5.97 Å². The van der Waals surface area contributed by atoms with Crippen LogP contribution < -0.4 is 14.5 Å². The zero-order valence-corrected chi connectivity index (χ0v) is 29.9. The van der Waals surface area contributed by atoms with Gasteiger partial charge in [-0.1, -0.05) is 81.6 Å². The fraction of sp³-hybridized carbons (Fsp3) is 0.225. The molecule has 52 heavy (non-hydrogen) atoms. The van der Waals surface area contributed by atoms with Gasteiger partial charge in [-0.3, -0.25) is 24.1 Å². The molecule has 2 N–H and O–H groups in total. The molecule has 2 saturated heterocycles. The third-order valence-electron chi connectivity index (χ3n) is 11.1. The van der Waals surface area contributed by atoms with Crippen LogP contribution >= 0.6 is 27.5 Å². The van der Waals surface area contributed by atoms with E-state index in [1.54, 1.807) is 60.7 Å². The lowest BCUT2D eigenvalue weighted by molar-refractivity contribution is -0.127. The number of nitrogens with zero attached hydrogens (tertiary/aromatic N) is 2. The highest BCUT2D eigenvalue weighted by atomic mass is 79.9. The number of carboxylic acids is 1. The normalized spacial score (nSPS) is 26.5. The number of rotatable bonds is 6. The first-order chi connectivity index (χ1) is 25.0. The van der Waals surface area contributed by atoms with E-state index in [4.69, 9.17) is 16.3 Å². The Bertz CT molecular complexity index is 2260. The van der Waals surface area contributed by atoms with Crippen molar-refractivity contribution in [1.82, 2.24) is 0 Å². The number of aromatic hydroxyl groups is 1. The maximum atomic E-state index is 15.4. The van der Waals surface area contributed by atoms with Crippen LogP contribution in [-0.2, 0) is 24.6 Å². The van der Waals surface area contributed by atoms with Gasteiger partial charge in [0.25, 0.3) is 0 Å². The Labute approximate surface area is 311 Å². The monoisotopic (exact) mass is 780 g/mol. The van der Waals surface area contributed by atoms with Gasteiger partial charge in [0.2, 0.25) is 23.6 Å². The highest BCUT2D eigenvalue weighted by molar-refractivity contribution is 9.10. The number of allylic oxidation sites excluding steroid dienone is 2. The summed E-state index contributed by atoms with van der Waals surface area (Å²) in [6.07, 6.45) is 2.08. The van der Waals surface area contributed by atoms with Crippen molar-refractivity contribution in [2.24, 2.45) is 23.7 Å². The number of anilines is 2. The van der Waals surface area contributed by atoms with Gasteiger partial charge < -0.3 is 14.9 Å². The lowest BCUT2D eigenvalue weighted by Gasteiger charge is -2.50. The fourth-order valence-electron chi connectivity index (χ4n) is 9.09. The van der Waals surface area contributed by atoms with Gasteiger partial charge in [0.1, 0.15) is 0 Å². The number of carboxylic acid groups (broad SMARTS) is 1. The van der Waals surface area contributed by atoms with Crippen LogP contribution in [0.4, 0.5) is 11.4 Å². The summed E-state index contributed by atoms with van der Waals surface area (Å²) >= 11 is 9.93. The SMILES string of the molecule is COc1cc(Br)cc(C2C3=CCC4C(=O)N(c5cccc(C(=O)O)c5)C(=O)C4C3CC3C(=O)N(c4cccc(Cl)c4)C(=O)C32c2ccccc2)c1O. The van der Waals surface area contributed by atoms with Gasteiger partial charge in [0, 0.05) is 21.0 Å². The van der Waals surface area contributed by atoms with Gasteiger partial charge in [-0.2, -0.15) is 0 Å². The lowest BCUT2D eigenvalue weighted by atomic mass is 9.49. The second kappa shape index (κ2) is 12.5. The molecule has 4 aromatic carbocycles. The average molecular weight is 782 g/mol. The number of aromatic carboxylic acids is 1. The van der Waals surface area contributed by atoms with E-state index in [2.05, 4.69) is 15.9 Å². The van der Waals surface area contributed by atoms with Gasteiger partial charge in [-0.05, 0) is 72.9 Å². The highest BCUT2D eigenvalue weighted by Gasteiger charge is 2.70. The molecule has 6 unspecified atom stereocenters. The summed E-state index contributed by atoms with van der Waals surface area (Å²) in [5.74, 6) is -7.71. The summed E-state index contributed by atoms with van der Waals surface area (Å²) in [6.45, 7) is 0. The Kier molecular flexibility index (Phi) is 8.11. The Hall–Kier alpha value is -5.26.